The summed E-state index contributed by atoms with van der Waals surface area (Å²) in [4.78, 5) is 7.03. The number of H-pyrrole nitrogens is 2. The zero-order chi connectivity index (χ0) is 18.4. The number of hydrogen-bond donors (Lipinski definition) is 3. The summed E-state index contributed by atoms with van der Waals surface area (Å²) >= 11 is 0. The fraction of sp³-hybridized carbons (Fsp3) is 0.273. The fourth-order valence-electron chi connectivity index (χ4n) is 4.26. The molecule has 0 bridgehead atoms. The van der Waals surface area contributed by atoms with Gasteiger partial charge in [-0.15, -0.1) is 12.4 Å². The smallest absolute Gasteiger partial charge is 0.119 e. The van der Waals surface area contributed by atoms with E-state index in [2.05, 4.69) is 45.7 Å². The normalized spacial score (nSPS) is 16.0. The maximum absolute atomic E-state index is 5.42. The molecule has 1 atom stereocenters. The summed E-state index contributed by atoms with van der Waals surface area (Å²) in [5.41, 5.74) is 6.32. The maximum atomic E-state index is 5.42. The highest BCUT2D eigenvalue weighted by atomic mass is 35.5. The van der Waals surface area contributed by atoms with Gasteiger partial charge in [-0.25, -0.2) is 0 Å². The van der Waals surface area contributed by atoms with Gasteiger partial charge in [0.05, 0.1) is 20.3 Å². The number of nitrogens with one attached hydrogen (secondary N) is 3. The minimum atomic E-state index is 0. The molecule has 1 unspecified atom stereocenters. The van der Waals surface area contributed by atoms with Crippen LogP contribution in [0, 0.1) is 0 Å². The van der Waals surface area contributed by atoms with Crippen LogP contribution in [0.1, 0.15) is 22.9 Å². The Morgan fingerprint density at radius 3 is 2.43 bits per heavy atom. The van der Waals surface area contributed by atoms with Crippen LogP contribution in [-0.2, 0) is 12.8 Å². The molecule has 2 aromatic heterocycles. The Balaban J connectivity index is 0.00000192. The van der Waals surface area contributed by atoms with Crippen molar-refractivity contribution in [3.63, 3.8) is 0 Å². The molecular weight excluding hydrogens is 374 g/mol. The number of rotatable bonds is 4. The molecular formula is C22H24ClN3O2. The molecule has 0 fully saturated rings. The van der Waals surface area contributed by atoms with E-state index >= 15 is 0 Å². The highest BCUT2D eigenvalue weighted by molar-refractivity contribution is 5.87. The second-order valence-electron chi connectivity index (χ2n) is 7.12. The first kappa shape index (κ1) is 18.7. The lowest BCUT2D eigenvalue weighted by Crippen LogP contribution is -2.31. The molecule has 3 heterocycles. The minimum Gasteiger partial charge on any atom is -0.497 e. The van der Waals surface area contributed by atoms with Crippen molar-refractivity contribution >= 4 is 34.2 Å². The Labute approximate surface area is 169 Å². The predicted molar refractivity (Wildman–Crippen MR) is 115 cm³/mol. The summed E-state index contributed by atoms with van der Waals surface area (Å²) in [6.07, 6.45) is 4.07. The molecule has 0 amide bonds. The highest BCUT2D eigenvalue weighted by Crippen LogP contribution is 2.35. The lowest BCUT2D eigenvalue weighted by molar-refractivity contribution is 0.415. The van der Waals surface area contributed by atoms with E-state index in [0.717, 1.165) is 36.4 Å². The van der Waals surface area contributed by atoms with Gasteiger partial charge < -0.3 is 24.8 Å². The van der Waals surface area contributed by atoms with E-state index in [9.17, 15) is 0 Å². The van der Waals surface area contributed by atoms with Crippen LogP contribution in [0.4, 0.5) is 0 Å². The number of halogens is 1. The summed E-state index contributed by atoms with van der Waals surface area (Å²) in [6.45, 7) is 0.980. The molecule has 0 aliphatic carbocycles. The zero-order valence-electron chi connectivity index (χ0n) is 16.0. The van der Waals surface area contributed by atoms with Gasteiger partial charge in [0.15, 0.2) is 0 Å². The summed E-state index contributed by atoms with van der Waals surface area (Å²) in [5.74, 6) is 1.79. The number of methoxy groups -OCH3 is 2. The first-order chi connectivity index (χ1) is 13.3. The van der Waals surface area contributed by atoms with Crippen LogP contribution >= 0.6 is 12.4 Å². The molecule has 2 aromatic carbocycles. The topological polar surface area (TPSA) is 62.1 Å². The van der Waals surface area contributed by atoms with Crippen molar-refractivity contribution in [2.45, 2.75) is 18.9 Å². The van der Waals surface area contributed by atoms with Gasteiger partial charge in [-0.3, -0.25) is 0 Å². The van der Waals surface area contributed by atoms with E-state index < -0.39 is 0 Å². The molecule has 4 aromatic rings. The van der Waals surface area contributed by atoms with E-state index in [1.165, 1.54) is 33.1 Å². The monoisotopic (exact) mass is 397 g/mol. The van der Waals surface area contributed by atoms with E-state index in [0.29, 0.717) is 0 Å². The quantitative estimate of drug-likeness (QED) is 0.474. The Bertz CT molecular complexity index is 1130. The standard InChI is InChI=1S/C22H23N3O2.ClH/c1-26-14-3-5-19-17(10-14)13(12-24-19)9-21-22-16(7-8-23-21)18-11-15(27-2)4-6-20(18)25-22;/h3-6,10-12,21,23-25H,7-9H2,1-2H3;1H. The van der Waals surface area contributed by atoms with Gasteiger partial charge in [-0.1, -0.05) is 0 Å². The van der Waals surface area contributed by atoms with Gasteiger partial charge in [0, 0.05) is 33.7 Å². The van der Waals surface area contributed by atoms with Gasteiger partial charge in [0.2, 0.25) is 0 Å². The number of ether oxygens (including phenoxy) is 2. The Morgan fingerprint density at radius 2 is 1.68 bits per heavy atom. The number of fused-ring (bicyclic) bond motifs is 4. The predicted octanol–water partition coefficient (Wildman–Crippen LogP) is 4.52. The van der Waals surface area contributed by atoms with Crippen LogP contribution in [0.5, 0.6) is 11.5 Å². The van der Waals surface area contributed by atoms with Crippen LogP contribution < -0.4 is 14.8 Å². The van der Waals surface area contributed by atoms with Gasteiger partial charge in [-0.05, 0) is 66.9 Å². The molecule has 3 N–H and O–H groups in total. The zero-order valence-corrected chi connectivity index (χ0v) is 16.8. The van der Waals surface area contributed by atoms with Crippen molar-refractivity contribution in [1.82, 2.24) is 15.3 Å². The molecule has 6 heteroatoms. The van der Waals surface area contributed by atoms with Crippen molar-refractivity contribution in [3.8, 4) is 11.5 Å². The van der Waals surface area contributed by atoms with Gasteiger partial charge in [0.1, 0.15) is 11.5 Å². The lowest BCUT2D eigenvalue weighted by Gasteiger charge is -2.24. The van der Waals surface area contributed by atoms with Gasteiger partial charge in [-0.2, -0.15) is 0 Å². The third-order valence-electron chi connectivity index (χ3n) is 5.66. The van der Waals surface area contributed by atoms with E-state index in [4.69, 9.17) is 9.47 Å². The van der Waals surface area contributed by atoms with Crippen LogP contribution in [-0.4, -0.2) is 30.7 Å². The third kappa shape index (κ3) is 3.01. The molecule has 1 aliphatic heterocycles. The third-order valence-corrected chi connectivity index (χ3v) is 5.66. The summed E-state index contributed by atoms with van der Waals surface area (Å²) < 4.78 is 10.8. The molecule has 1 aliphatic rings. The molecule has 0 spiro atoms. The van der Waals surface area contributed by atoms with Crippen molar-refractivity contribution in [2.75, 3.05) is 20.8 Å². The van der Waals surface area contributed by atoms with Crippen molar-refractivity contribution in [2.24, 2.45) is 0 Å². The van der Waals surface area contributed by atoms with Gasteiger partial charge >= 0.3 is 0 Å². The molecule has 0 saturated heterocycles. The summed E-state index contributed by atoms with van der Waals surface area (Å²) in [7, 11) is 3.43. The second kappa shape index (κ2) is 7.41. The SMILES string of the molecule is COc1ccc2[nH]cc(CC3NCCc4c3[nH]c3ccc(OC)cc43)c2c1.Cl. The molecule has 5 rings (SSSR count). The molecule has 0 saturated carbocycles. The molecule has 146 valence electrons. The minimum absolute atomic E-state index is 0. The lowest BCUT2D eigenvalue weighted by atomic mass is 9.94. The first-order valence-corrected chi connectivity index (χ1v) is 9.32. The Morgan fingerprint density at radius 1 is 0.964 bits per heavy atom. The number of aromatic nitrogens is 2. The highest BCUT2D eigenvalue weighted by Gasteiger charge is 2.25. The van der Waals surface area contributed by atoms with Crippen LogP contribution in [0.2, 0.25) is 0 Å². The largest absolute Gasteiger partial charge is 0.497 e. The van der Waals surface area contributed by atoms with Crippen molar-refractivity contribution in [1.29, 1.82) is 0 Å². The van der Waals surface area contributed by atoms with Gasteiger partial charge in [0.25, 0.3) is 0 Å². The van der Waals surface area contributed by atoms with Crippen LogP contribution in [0.25, 0.3) is 21.8 Å². The molecule has 5 nitrogen and oxygen atoms in total. The van der Waals surface area contributed by atoms with E-state index in [-0.39, 0.29) is 18.4 Å². The molecule has 0 radical (unpaired) electrons. The number of hydrogen-bond acceptors (Lipinski definition) is 3. The first-order valence-electron chi connectivity index (χ1n) is 9.32. The molecule has 28 heavy (non-hydrogen) atoms. The summed E-state index contributed by atoms with van der Waals surface area (Å²) in [6, 6.07) is 12.7. The van der Waals surface area contributed by atoms with E-state index in [1.54, 1.807) is 14.2 Å². The number of aromatic amines is 2. The average Bonchev–Trinajstić information content (AvgIpc) is 3.29. The number of benzene rings is 2. The average molecular weight is 398 g/mol. The Hall–Kier alpha value is -2.63. The van der Waals surface area contributed by atoms with Crippen LogP contribution in [0.15, 0.2) is 42.6 Å². The van der Waals surface area contributed by atoms with E-state index in [1.807, 2.05) is 12.1 Å². The van der Waals surface area contributed by atoms with Crippen molar-refractivity contribution < 1.29 is 9.47 Å². The fourth-order valence-corrected chi connectivity index (χ4v) is 4.26. The summed E-state index contributed by atoms with van der Waals surface area (Å²) in [5, 5.41) is 6.19. The maximum Gasteiger partial charge on any atom is 0.119 e. The second-order valence-corrected chi connectivity index (χ2v) is 7.12. The Kier molecular flexibility index (Phi) is 4.96. The van der Waals surface area contributed by atoms with Crippen molar-refractivity contribution in [3.05, 3.63) is 59.4 Å². The van der Waals surface area contributed by atoms with Crippen LogP contribution in [0.3, 0.4) is 0 Å².